The number of nitrogens with two attached hydrogens (primary N) is 1. The highest BCUT2D eigenvalue weighted by Crippen LogP contribution is 2.24. The number of anilines is 3. The van der Waals surface area contributed by atoms with Gasteiger partial charge in [0, 0.05) is 53.2 Å². The number of benzene rings is 2. The number of halogens is 1. The van der Waals surface area contributed by atoms with Crippen molar-refractivity contribution in [2.45, 2.75) is 6.42 Å². The zero-order valence-corrected chi connectivity index (χ0v) is 24.7. The van der Waals surface area contributed by atoms with Crippen LogP contribution in [-0.2, 0) is 4.79 Å². The van der Waals surface area contributed by atoms with Crippen LogP contribution in [0.25, 0.3) is 11.4 Å². The van der Waals surface area contributed by atoms with Crippen LogP contribution in [0.3, 0.4) is 0 Å². The highest BCUT2D eigenvalue weighted by molar-refractivity contribution is 6.14. The number of pyridine rings is 1. The molecular weight excluding hydrogens is 573 g/mol. The van der Waals surface area contributed by atoms with Crippen LogP contribution in [0.1, 0.15) is 17.5 Å². The Bertz CT molecular complexity index is 1700. The van der Waals surface area contributed by atoms with Gasteiger partial charge in [0.1, 0.15) is 18.2 Å². The van der Waals surface area contributed by atoms with E-state index in [0.29, 0.717) is 73.4 Å². The second-order valence-corrected chi connectivity index (χ2v) is 11.3. The van der Waals surface area contributed by atoms with Crippen molar-refractivity contribution in [3.8, 4) is 11.4 Å². The first kappa shape index (κ1) is 29.8. The largest absolute Gasteiger partial charge is 0.463 e. The van der Waals surface area contributed by atoms with Gasteiger partial charge in [0.05, 0.1) is 24.7 Å². The van der Waals surface area contributed by atoms with Gasteiger partial charge in [-0.05, 0) is 73.6 Å². The number of nitrogen functional groups attached to an aromatic ring is 1. The van der Waals surface area contributed by atoms with E-state index in [1.165, 1.54) is 24.3 Å². The van der Waals surface area contributed by atoms with Gasteiger partial charge in [-0.25, -0.2) is 19.3 Å². The molecule has 0 bridgehead atoms. The van der Waals surface area contributed by atoms with E-state index in [2.05, 4.69) is 30.1 Å². The second kappa shape index (κ2) is 13.2. The fourth-order valence-electron chi connectivity index (χ4n) is 5.70. The Morgan fingerprint density at radius 1 is 1.04 bits per heavy atom. The second-order valence-electron chi connectivity index (χ2n) is 11.3. The molecule has 2 aliphatic rings. The number of likely N-dealkylation sites (tertiary alicyclic amines) is 1. The van der Waals surface area contributed by atoms with Gasteiger partial charge in [-0.2, -0.15) is 4.58 Å². The lowest BCUT2D eigenvalue weighted by molar-refractivity contribution is -0.538. The van der Waals surface area contributed by atoms with Crippen LogP contribution in [0.4, 0.5) is 21.6 Å². The molecule has 6 rings (SSSR count). The fraction of sp³-hybridized carbons (Fsp3) is 0.273. The predicted octanol–water partition coefficient (Wildman–Crippen LogP) is 3.43. The lowest BCUT2D eigenvalue weighted by Crippen LogP contribution is -2.46. The number of rotatable bonds is 8. The van der Waals surface area contributed by atoms with Crippen molar-refractivity contribution in [2.75, 3.05) is 61.8 Å². The van der Waals surface area contributed by atoms with Gasteiger partial charge in [0.2, 0.25) is 5.91 Å². The minimum atomic E-state index is -0.380. The molecule has 45 heavy (non-hydrogen) atoms. The predicted molar refractivity (Wildman–Crippen MR) is 171 cm³/mol. The highest BCUT2D eigenvalue weighted by atomic mass is 19.1. The molecular formula is C33H35FN9O2+. The summed E-state index contributed by atoms with van der Waals surface area (Å²) in [5.74, 6) is 1.09. The molecule has 1 unspecified atom stereocenters. The molecule has 4 aromatic rings. The zero-order valence-electron chi connectivity index (χ0n) is 24.7. The number of carbonyl (C=O) groups is 1. The minimum Gasteiger partial charge on any atom is -0.463 e. The topological polar surface area (TPSA) is 147 Å². The Kier molecular flexibility index (Phi) is 8.74. The van der Waals surface area contributed by atoms with Crippen molar-refractivity contribution < 1.29 is 18.9 Å². The van der Waals surface area contributed by atoms with Gasteiger partial charge in [-0.1, -0.05) is 0 Å². The first-order valence-electron chi connectivity index (χ1n) is 14.9. The van der Waals surface area contributed by atoms with Crippen LogP contribution < -0.4 is 16.0 Å². The lowest BCUT2D eigenvalue weighted by atomic mass is 10.00. The van der Waals surface area contributed by atoms with Crippen molar-refractivity contribution >= 4 is 34.7 Å². The molecule has 1 amide bonds. The van der Waals surface area contributed by atoms with Gasteiger partial charge in [0.15, 0.2) is 18.9 Å². The SMILES string of the molecule is N=C(c1ccc(F)cc1)c1cc(NC(=O)C2CCN(CC(O)=[N+]3CCN(c4ccc(-c5ncccn5)cn4)CC3)C2)ccc1N. The molecule has 2 saturated heterocycles. The molecule has 2 fully saturated rings. The molecule has 2 aromatic heterocycles. The molecule has 230 valence electrons. The summed E-state index contributed by atoms with van der Waals surface area (Å²) in [5.41, 5.74) is 9.06. The quantitative estimate of drug-likeness (QED) is 0.103. The summed E-state index contributed by atoms with van der Waals surface area (Å²) >= 11 is 0. The Morgan fingerprint density at radius 3 is 2.51 bits per heavy atom. The molecule has 4 heterocycles. The Morgan fingerprint density at radius 2 is 1.80 bits per heavy atom. The molecule has 0 aliphatic carbocycles. The summed E-state index contributed by atoms with van der Waals surface area (Å²) in [6.07, 6.45) is 5.88. The van der Waals surface area contributed by atoms with Crippen LogP contribution in [0.15, 0.2) is 79.3 Å². The number of aliphatic hydroxyl groups is 1. The summed E-state index contributed by atoms with van der Waals surface area (Å²) in [7, 11) is 0. The summed E-state index contributed by atoms with van der Waals surface area (Å²) in [6, 6.07) is 16.4. The van der Waals surface area contributed by atoms with Crippen LogP contribution in [0.5, 0.6) is 0 Å². The maximum absolute atomic E-state index is 13.3. The zero-order chi connectivity index (χ0) is 31.3. The number of aliphatic hydroxyl groups excluding tert-OH is 1. The number of aromatic nitrogens is 3. The fourth-order valence-corrected chi connectivity index (χ4v) is 5.70. The normalized spacial score (nSPS) is 16.9. The van der Waals surface area contributed by atoms with Gasteiger partial charge in [0.25, 0.3) is 0 Å². The van der Waals surface area contributed by atoms with Crippen molar-refractivity contribution in [3.05, 3.63) is 96.2 Å². The van der Waals surface area contributed by atoms with E-state index >= 15 is 0 Å². The molecule has 0 spiro atoms. The molecule has 5 N–H and O–H groups in total. The van der Waals surface area contributed by atoms with Crippen LogP contribution in [0, 0.1) is 17.1 Å². The van der Waals surface area contributed by atoms with Crippen LogP contribution in [-0.4, -0.2) is 92.9 Å². The maximum atomic E-state index is 13.3. The van der Waals surface area contributed by atoms with Gasteiger partial charge in [-0.3, -0.25) is 15.1 Å². The average Bonchev–Trinajstić information content (AvgIpc) is 3.55. The summed E-state index contributed by atoms with van der Waals surface area (Å²) in [4.78, 5) is 30.6. The monoisotopic (exact) mass is 608 g/mol. The molecule has 12 heteroatoms. The number of piperazine rings is 1. The minimum absolute atomic E-state index is 0.119. The van der Waals surface area contributed by atoms with E-state index in [1.807, 2.05) is 16.7 Å². The molecule has 0 saturated carbocycles. The van der Waals surface area contributed by atoms with Gasteiger partial charge in [-0.15, -0.1) is 0 Å². The molecule has 0 radical (unpaired) electrons. The number of hydrogen-bond acceptors (Lipinski definition) is 8. The Hall–Kier alpha value is -5.23. The number of amides is 1. The van der Waals surface area contributed by atoms with Crippen molar-refractivity contribution in [2.24, 2.45) is 5.92 Å². The smallest absolute Gasteiger partial charge is 0.348 e. The Labute approximate surface area is 260 Å². The van der Waals surface area contributed by atoms with Crippen LogP contribution >= 0.6 is 0 Å². The van der Waals surface area contributed by atoms with Crippen molar-refractivity contribution in [3.63, 3.8) is 0 Å². The third-order valence-corrected chi connectivity index (χ3v) is 8.27. The molecule has 1 atom stereocenters. The van der Waals surface area contributed by atoms with Crippen molar-refractivity contribution in [1.29, 1.82) is 5.41 Å². The van der Waals surface area contributed by atoms with Gasteiger partial charge >= 0.3 is 5.90 Å². The van der Waals surface area contributed by atoms with E-state index in [1.54, 1.807) is 42.9 Å². The van der Waals surface area contributed by atoms with E-state index in [0.717, 1.165) is 24.5 Å². The molecule has 2 aromatic carbocycles. The lowest BCUT2D eigenvalue weighted by Gasteiger charge is -2.27. The maximum Gasteiger partial charge on any atom is 0.348 e. The number of hydrogen-bond donors (Lipinski definition) is 4. The Balaban J connectivity index is 1.00. The van der Waals surface area contributed by atoms with E-state index in [9.17, 15) is 14.3 Å². The summed E-state index contributed by atoms with van der Waals surface area (Å²) < 4.78 is 15.3. The third kappa shape index (κ3) is 6.96. The number of carbonyl (C=O) groups excluding carboxylic acids is 1. The molecule has 11 nitrogen and oxygen atoms in total. The van der Waals surface area contributed by atoms with E-state index in [-0.39, 0.29) is 23.4 Å². The first-order chi connectivity index (χ1) is 21.8. The van der Waals surface area contributed by atoms with Crippen molar-refractivity contribution in [1.82, 2.24) is 19.9 Å². The third-order valence-electron chi connectivity index (χ3n) is 8.27. The summed E-state index contributed by atoms with van der Waals surface area (Å²) in [6.45, 7) is 4.41. The first-order valence-corrected chi connectivity index (χ1v) is 14.9. The van der Waals surface area contributed by atoms with E-state index in [4.69, 9.17) is 11.1 Å². The highest BCUT2D eigenvalue weighted by Gasteiger charge is 2.32. The van der Waals surface area contributed by atoms with Crippen LogP contribution in [0.2, 0.25) is 0 Å². The molecule has 2 aliphatic heterocycles. The van der Waals surface area contributed by atoms with Gasteiger partial charge < -0.3 is 21.1 Å². The van der Waals surface area contributed by atoms with E-state index < -0.39 is 0 Å². The summed E-state index contributed by atoms with van der Waals surface area (Å²) in [5, 5.41) is 22.4. The number of nitrogens with one attached hydrogen (secondary N) is 2. The average molecular weight is 609 g/mol. The standard InChI is InChI=1S/C33H34FN9O2/c34-25-5-2-22(3-6-25)31(36)27-18-26(7-8-28(27)35)40-33(45)24-10-13-41(20-24)21-30(44)43-16-14-42(15-17-43)29-9-4-23(19-39-29)32-37-11-1-12-38-32/h1-9,11-12,18-19,24H,10,13-17,20-21H2,(H4,35,36,40,45)/p+1. The number of nitrogens with zero attached hydrogens (tertiary/aromatic N) is 6.